The first-order valence-corrected chi connectivity index (χ1v) is 5.80. The molecule has 18 heavy (non-hydrogen) atoms. The summed E-state index contributed by atoms with van der Waals surface area (Å²) < 4.78 is 0. The molecule has 1 N–H and O–H groups in total. The van der Waals surface area contributed by atoms with Crippen molar-refractivity contribution in [2.45, 2.75) is 18.9 Å². The largest absolute Gasteiger partial charge is 0.346 e. The zero-order valence-electron chi connectivity index (χ0n) is 10.3. The van der Waals surface area contributed by atoms with Gasteiger partial charge in [-0.1, -0.05) is 43.5 Å². The van der Waals surface area contributed by atoms with Crippen molar-refractivity contribution in [1.82, 2.24) is 5.32 Å². The van der Waals surface area contributed by atoms with Gasteiger partial charge >= 0.3 is 0 Å². The number of ketones is 1. The second-order valence-electron chi connectivity index (χ2n) is 3.89. The average Bonchev–Trinajstić information content (AvgIpc) is 2.43. The van der Waals surface area contributed by atoms with Crippen LogP contribution in [0.1, 0.15) is 24.4 Å². The minimum atomic E-state index is -0.241. The Bertz CT molecular complexity index is 437. The molecule has 0 heterocycles. The highest BCUT2D eigenvalue weighted by Crippen LogP contribution is 2.18. The van der Waals surface area contributed by atoms with Crippen molar-refractivity contribution in [1.29, 1.82) is 0 Å². The summed E-state index contributed by atoms with van der Waals surface area (Å²) >= 11 is 0. The summed E-state index contributed by atoms with van der Waals surface area (Å²) in [6.07, 6.45) is 3.44. The smallest absolute Gasteiger partial charge is 0.243 e. The van der Waals surface area contributed by atoms with E-state index in [-0.39, 0.29) is 17.7 Å². The molecular weight excluding hydrogens is 226 g/mol. The summed E-state index contributed by atoms with van der Waals surface area (Å²) in [4.78, 5) is 22.6. The molecule has 0 aromatic heterocycles. The van der Waals surface area contributed by atoms with Crippen LogP contribution in [-0.4, -0.2) is 11.7 Å². The van der Waals surface area contributed by atoms with Crippen LogP contribution >= 0.6 is 0 Å². The van der Waals surface area contributed by atoms with Crippen LogP contribution in [0.15, 0.2) is 55.6 Å². The van der Waals surface area contributed by atoms with Crippen LogP contribution in [0.2, 0.25) is 0 Å². The lowest BCUT2D eigenvalue weighted by Gasteiger charge is -2.17. The second kappa shape index (κ2) is 7.22. The number of hydrogen-bond donors (Lipinski definition) is 1. The lowest BCUT2D eigenvalue weighted by molar-refractivity contribution is -0.118. The maximum Gasteiger partial charge on any atom is 0.243 e. The highest BCUT2D eigenvalue weighted by Gasteiger charge is 2.13. The molecule has 1 aromatic carbocycles. The standard InChI is InChI=1S/C15H17NO2/c1-3-13(17)10-11-14(16-15(18)4-2)12-8-6-5-7-9-12/h3-9,14H,1-2,10-11H2,(H,16,18). The second-order valence-corrected chi connectivity index (χ2v) is 3.89. The zero-order valence-corrected chi connectivity index (χ0v) is 10.3. The molecule has 1 amide bonds. The van der Waals surface area contributed by atoms with Gasteiger partial charge in [0.1, 0.15) is 0 Å². The van der Waals surface area contributed by atoms with Gasteiger partial charge in [-0.25, -0.2) is 0 Å². The predicted octanol–water partition coefficient (Wildman–Crippen LogP) is 2.57. The number of hydrogen-bond acceptors (Lipinski definition) is 2. The summed E-state index contributed by atoms with van der Waals surface area (Å²) in [5.41, 5.74) is 0.976. The van der Waals surface area contributed by atoms with E-state index >= 15 is 0 Å². The van der Waals surface area contributed by atoms with Crippen LogP contribution < -0.4 is 5.32 Å². The van der Waals surface area contributed by atoms with E-state index in [1.807, 2.05) is 30.3 Å². The van der Waals surface area contributed by atoms with Crippen molar-refractivity contribution in [2.75, 3.05) is 0 Å². The first-order chi connectivity index (χ1) is 8.67. The van der Waals surface area contributed by atoms with Gasteiger partial charge < -0.3 is 5.32 Å². The lowest BCUT2D eigenvalue weighted by Crippen LogP contribution is -2.27. The third-order valence-electron chi connectivity index (χ3n) is 2.61. The summed E-state index contributed by atoms with van der Waals surface area (Å²) in [6.45, 7) is 6.86. The van der Waals surface area contributed by atoms with E-state index in [2.05, 4.69) is 18.5 Å². The number of rotatable bonds is 7. The van der Waals surface area contributed by atoms with Gasteiger partial charge in [0.05, 0.1) is 6.04 Å². The molecule has 0 bridgehead atoms. The Morgan fingerprint density at radius 3 is 2.39 bits per heavy atom. The Labute approximate surface area is 107 Å². The van der Waals surface area contributed by atoms with Crippen molar-refractivity contribution < 1.29 is 9.59 Å². The highest BCUT2D eigenvalue weighted by atomic mass is 16.1. The molecule has 1 atom stereocenters. The zero-order chi connectivity index (χ0) is 13.4. The van der Waals surface area contributed by atoms with E-state index in [0.717, 1.165) is 5.56 Å². The molecule has 0 radical (unpaired) electrons. The molecule has 1 rings (SSSR count). The van der Waals surface area contributed by atoms with Crippen molar-refractivity contribution in [2.24, 2.45) is 0 Å². The monoisotopic (exact) mass is 243 g/mol. The van der Waals surface area contributed by atoms with Crippen molar-refractivity contribution in [3.63, 3.8) is 0 Å². The minimum Gasteiger partial charge on any atom is -0.346 e. The number of carbonyl (C=O) groups excluding carboxylic acids is 2. The molecule has 94 valence electrons. The lowest BCUT2D eigenvalue weighted by atomic mass is 10.0. The molecule has 0 aliphatic carbocycles. The molecule has 3 heteroatoms. The fourth-order valence-electron chi connectivity index (χ4n) is 1.63. The SMILES string of the molecule is C=CC(=O)CCC(NC(=O)C=C)c1ccccc1. The molecule has 1 aromatic rings. The molecule has 0 aliphatic rings. The van der Waals surface area contributed by atoms with Gasteiger partial charge in [-0.2, -0.15) is 0 Å². The summed E-state index contributed by atoms with van der Waals surface area (Å²) in [5, 5.41) is 2.82. The Morgan fingerprint density at radius 1 is 1.17 bits per heavy atom. The summed E-state index contributed by atoms with van der Waals surface area (Å²) in [7, 11) is 0. The average molecular weight is 243 g/mol. The number of amides is 1. The van der Waals surface area contributed by atoms with Crippen molar-refractivity contribution in [3.05, 3.63) is 61.2 Å². The van der Waals surface area contributed by atoms with Gasteiger partial charge in [-0.3, -0.25) is 9.59 Å². The van der Waals surface area contributed by atoms with Gasteiger partial charge in [-0.15, -0.1) is 0 Å². The van der Waals surface area contributed by atoms with Gasteiger partial charge in [0, 0.05) is 6.42 Å². The van der Waals surface area contributed by atoms with E-state index in [9.17, 15) is 9.59 Å². The first-order valence-electron chi connectivity index (χ1n) is 5.80. The topological polar surface area (TPSA) is 46.2 Å². The van der Waals surface area contributed by atoms with Crippen molar-refractivity contribution in [3.8, 4) is 0 Å². The molecule has 1 unspecified atom stereocenters. The maximum absolute atomic E-state index is 11.4. The van der Waals surface area contributed by atoms with E-state index < -0.39 is 0 Å². The number of benzene rings is 1. The van der Waals surface area contributed by atoms with E-state index in [1.54, 1.807) is 0 Å². The van der Waals surface area contributed by atoms with Gasteiger partial charge in [0.25, 0.3) is 0 Å². The Morgan fingerprint density at radius 2 is 1.83 bits per heavy atom. The number of allylic oxidation sites excluding steroid dienone is 1. The number of nitrogens with one attached hydrogen (secondary N) is 1. The molecule has 0 fully saturated rings. The molecule has 0 spiro atoms. The Hall–Kier alpha value is -2.16. The van der Waals surface area contributed by atoms with Crippen LogP contribution in [0.4, 0.5) is 0 Å². The number of carbonyl (C=O) groups is 2. The van der Waals surface area contributed by atoms with Crippen LogP contribution in [0.3, 0.4) is 0 Å². The fraction of sp³-hybridized carbons (Fsp3) is 0.200. The van der Waals surface area contributed by atoms with Crippen LogP contribution in [0, 0.1) is 0 Å². The third kappa shape index (κ3) is 4.37. The summed E-state index contributed by atoms with van der Waals surface area (Å²) in [5.74, 6) is -0.265. The van der Waals surface area contributed by atoms with Crippen LogP contribution in [0.5, 0.6) is 0 Å². The van der Waals surface area contributed by atoms with Gasteiger partial charge in [0.2, 0.25) is 5.91 Å². The van der Waals surface area contributed by atoms with Crippen LogP contribution in [-0.2, 0) is 9.59 Å². The fourth-order valence-corrected chi connectivity index (χ4v) is 1.63. The minimum absolute atomic E-state index is 0.0243. The normalized spacial score (nSPS) is 11.3. The molecule has 0 saturated heterocycles. The van der Waals surface area contributed by atoms with Gasteiger partial charge in [-0.05, 0) is 24.1 Å². The Kier molecular flexibility index (Phi) is 5.58. The summed E-state index contributed by atoms with van der Waals surface area (Å²) in [6, 6.07) is 9.37. The highest BCUT2D eigenvalue weighted by molar-refractivity contribution is 5.89. The molecule has 3 nitrogen and oxygen atoms in total. The Balaban J connectivity index is 2.75. The first kappa shape index (κ1) is 13.9. The molecule has 0 aliphatic heterocycles. The van der Waals surface area contributed by atoms with Gasteiger partial charge in [0.15, 0.2) is 5.78 Å². The molecular formula is C15H17NO2. The molecule has 0 saturated carbocycles. The predicted molar refractivity (Wildman–Crippen MR) is 72.0 cm³/mol. The van der Waals surface area contributed by atoms with E-state index in [1.165, 1.54) is 12.2 Å². The maximum atomic E-state index is 11.4. The van der Waals surface area contributed by atoms with E-state index in [0.29, 0.717) is 12.8 Å². The van der Waals surface area contributed by atoms with E-state index in [4.69, 9.17) is 0 Å². The van der Waals surface area contributed by atoms with Crippen LogP contribution in [0.25, 0.3) is 0 Å². The van der Waals surface area contributed by atoms with Crippen molar-refractivity contribution >= 4 is 11.7 Å². The quantitative estimate of drug-likeness (QED) is 0.748. The third-order valence-corrected chi connectivity index (χ3v) is 2.61.